The summed E-state index contributed by atoms with van der Waals surface area (Å²) in [6.07, 6.45) is 18.4. The third-order valence-corrected chi connectivity index (χ3v) is 7.82. The number of fused-ring (bicyclic) bond motifs is 5. The van der Waals surface area contributed by atoms with Crippen LogP contribution in [0.1, 0.15) is 33.5 Å². The Balaban J connectivity index is 0.000000397. The number of rotatable bonds is 5. The maximum atomic E-state index is 13.3. The standard InChI is InChI=1S/C32H25FO2.C6H7N/c33-25-14-11-23(12-15-25)32(34)24-10-9-22-13-16-27-26-7-4-8-31(35-20-21-5-2-1-3-6-21)29(26)18-17-28(27)30(22)19-24;1-2-4-6-7-5-3-1/h1-8,11-17,19,24H,9-10,18,20H2;1-7H. The Morgan fingerprint density at radius 3 is 2.38 bits per heavy atom. The highest BCUT2D eigenvalue weighted by molar-refractivity contribution is 6.01. The first-order valence-corrected chi connectivity index (χ1v) is 14.3. The molecule has 0 bridgehead atoms. The third-order valence-electron chi connectivity index (χ3n) is 7.82. The predicted molar refractivity (Wildman–Crippen MR) is 168 cm³/mol. The van der Waals surface area contributed by atoms with Crippen molar-refractivity contribution in [1.29, 1.82) is 0 Å². The molecule has 0 fully saturated rings. The van der Waals surface area contributed by atoms with Gasteiger partial charge in [0.1, 0.15) is 18.2 Å². The van der Waals surface area contributed by atoms with Gasteiger partial charge < -0.3 is 10.1 Å². The zero-order chi connectivity index (χ0) is 28.7. The lowest BCUT2D eigenvalue weighted by Crippen LogP contribution is -2.37. The Hall–Kier alpha value is -4.96. The molecule has 1 aliphatic heterocycles. The van der Waals surface area contributed by atoms with Crippen LogP contribution < -0.4 is 20.5 Å². The molecule has 0 amide bonds. The summed E-state index contributed by atoms with van der Waals surface area (Å²) in [6, 6.07) is 26.7. The molecule has 0 spiro atoms. The Labute approximate surface area is 245 Å². The number of allylic oxidation sites excluding steroid dienone is 4. The predicted octanol–water partition coefficient (Wildman–Crippen LogP) is 6.81. The van der Waals surface area contributed by atoms with Crippen LogP contribution in [0, 0.1) is 11.7 Å². The van der Waals surface area contributed by atoms with Crippen molar-refractivity contribution in [2.24, 2.45) is 5.92 Å². The maximum absolute atomic E-state index is 13.3. The Kier molecular flexibility index (Phi) is 8.23. The van der Waals surface area contributed by atoms with E-state index in [1.807, 2.05) is 61.0 Å². The average Bonchev–Trinajstić information content (AvgIpc) is 3.37. The van der Waals surface area contributed by atoms with Crippen molar-refractivity contribution in [3.05, 3.63) is 160 Å². The van der Waals surface area contributed by atoms with Crippen LogP contribution in [-0.2, 0) is 19.4 Å². The lowest BCUT2D eigenvalue weighted by atomic mass is 9.82. The molecule has 2 aliphatic carbocycles. The average molecular weight is 554 g/mol. The van der Waals surface area contributed by atoms with Gasteiger partial charge in [-0.15, -0.1) is 0 Å². The zero-order valence-corrected chi connectivity index (χ0v) is 23.3. The summed E-state index contributed by atoms with van der Waals surface area (Å²) in [4.78, 5) is 13.1. The first kappa shape index (κ1) is 27.2. The third kappa shape index (κ3) is 6.03. The minimum atomic E-state index is -0.325. The molecule has 208 valence electrons. The molecule has 4 aromatic carbocycles. The molecule has 1 unspecified atom stereocenters. The zero-order valence-electron chi connectivity index (χ0n) is 23.3. The molecule has 4 heteroatoms. The molecule has 0 radical (unpaired) electrons. The van der Waals surface area contributed by atoms with E-state index in [1.54, 1.807) is 12.1 Å². The van der Waals surface area contributed by atoms with Crippen LogP contribution in [-0.4, -0.2) is 5.78 Å². The molecule has 42 heavy (non-hydrogen) atoms. The van der Waals surface area contributed by atoms with Crippen LogP contribution in [0.25, 0.3) is 23.3 Å². The highest BCUT2D eigenvalue weighted by Crippen LogP contribution is 2.33. The minimum Gasteiger partial charge on any atom is -0.489 e. The molecular formula is C38H32FNO2. The largest absolute Gasteiger partial charge is 0.489 e. The SMILES string of the molecule is C1=CC=CNC=C1.O=C(c1ccc(F)cc1)C1C=c2c(ccc3c2=CCc2c(OCc4ccccc4)cccc2-3)CC1. The number of ether oxygens (including phenoxy) is 1. The van der Waals surface area contributed by atoms with E-state index in [4.69, 9.17) is 4.74 Å². The number of nitrogens with one attached hydrogen (secondary N) is 1. The second-order valence-corrected chi connectivity index (χ2v) is 10.5. The van der Waals surface area contributed by atoms with E-state index >= 15 is 0 Å². The fourth-order valence-electron chi connectivity index (χ4n) is 5.69. The number of halogens is 1. The molecule has 4 aromatic rings. The van der Waals surface area contributed by atoms with Gasteiger partial charge in [0.2, 0.25) is 0 Å². The first-order chi connectivity index (χ1) is 20.7. The minimum absolute atomic E-state index is 0.0565. The van der Waals surface area contributed by atoms with Crippen LogP contribution >= 0.6 is 0 Å². The Morgan fingerprint density at radius 2 is 1.60 bits per heavy atom. The number of ketones is 1. The van der Waals surface area contributed by atoms with E-state index in [0.29, 0.717) is 12.2 Å². The lowest BCUT2D eigenvalue weighted by Gasteiger charge is -2.22. The molecule has 1 heterocycles. The number of Topliss-reactive ketones (excluding diaryl/α,β-unsaturated/α-hetero) is 1. The molecule has 3 aliphatic rings. The molecule has 1 atom stereocenters. The van der Waals surface area contributed by atoms with Crippen molar-refractivity contribution >= 4 is 17.9 Å². The van der Waals surface area contributed by atoms with Crippen molar-refractivity contribution in [3.8, 4) is 16.9 Å². The van der Waals surface area contributed by atoms with Crippen molar-refractivity contribution < 1.29 is 13.9 Å². The molecule has 7 rings (SSSR count). The van der Waals surface area contributed by atoms with E-state index in [1.165, 1.54) is 39.6 Å². The van der Waals surface area contributed by atoms with Gasteiger partial charge in [0, 0.05) is 29.4 Å². The van der Waals surface area contributed by atoms with Crippen LogP contribution in [0.2, 0.25) is 0 Å². The Bertz CT molecular complexity index is 1790. The van der Waals surface area contributed by atoms with Crippen LogP contribution in [0.4, 0.5) is 4.39 Å². The molecule has 0 saturated heterocycles. The quantitative estimate of drug-likeness (QED) is 0.276. The van der Waals surface area contributed by atoms with Crippen molar-refractivity contribution in [3.63, 3.8) is 0 Å². The maximum Gasteiger partial charge on any atom is 0.169 e. The van der Waals surface area contributed by atoms with E-state index in [2.05, 4.69) is 53.9 Å². The first-order valence-electron chi connectivity index (χ1n) is 14.3. The molecule has 1 N–H and O–H groups in total. The molecule has 0 saturated carbocycles. The second kappa shape index (κ2) is 12.7. The second-order valence-electron chi connectivity index (χ2n) is 10.5. The van der Waals surface area contributed by atoms with Gasteiger partial charge >= 0.3 is 0 Å². The summed E-state index contributed by atoms with van der Waals surface area (Å²) in [7, 11) is 0. The number of hydrogen-bond acceptors (Lipinski definition) is 3. The summed E-state index contributed by atoms with van der Waals surface area (Å²) in [6.45, 7) is 0.537. The van der Waals surface area contributed by atoms with Gasteiger partial charge in [-0.05, 0) is 94.4 Å². The van der Waals surface area contributed by atoms with Gasteiger partial charge in [0.25, 0.3) is 0 Å². The van der Waals surface area contributed by atoms with E-state index in [-0.39, 0.29) is 17.5 Å². The molecule has 0 aromatic heterocycles. The summed E-state index contributed by atoms with van der Waals surface area (Å²) >= 11 is 0. The normalized spacial score (nSPS) is 15.7. The van der Waals surface area contributed by atoms with Gasteiger partial charge in [-0.2, -0.15) is 0 Å². The fourth-order valence-corrected chi connectivity index (χ4v) is 5.69. The lowest BCUT2D eigenvalue weighted by molar-refractivity contribution is 0.0946. The topological polar surface area (TPSA) is 38.3 Å². The van der Waals surface area contributed by atoms with Gasteiger partial charge in [-0.1, -0.05) is 78.9 Å². The van der Waals surface area contributed by atoms with Crippen LogP contribution in [0.3, 0.4) is 0 Å². The smallest absolute Gasteiger partial charge is 0.169 e. The fraction of sp³-hybridized carbons (Fsp3) is 0.132. The highest BCUT2D eigenvalue weighted by Gasteiger charge is 2.23. The molecular weight excluding hydrogens is 521 g/mol. The number of benzene rings is 4. The van der Waals surface area contributed by atoms with Crippen molar-refractivity contribution in [2.75, 3.05) is 0 Å². The van der Waals surface area contributed by atoms with E-state index < -0.39 is 0 Å². The summed E-state index contributed by atoms with van der Waals surface area (Å²) in [5.74, 6) is 0.448. The Morgan fingerprint density at radius 1 is 0.810 bits per heavy atom. The monoisotopic (exact) mass is 553 g/mol. The van der Waals surface area contributed by atoms with Gasteiger partial charge in [-0.3, -0.25) is 4.79 Å². The number of hydrogen-bond donors (Lipinski definition) is 1. The summed E-state index contributed by atoms with van der Waals surface area (Å²) in [5.41, 5.74) is 6.56. The van der Waals surface area contributed by atoms with Crippen LogP contribution in [0.15, 0.2) is 122 Å². The van der Waals surface area contributed by atoms with Gasteiger partial charge in [0.15, 0.2) is 5.78 Å². The van der Waals surface area contributed by atoms with Crippen molar-refractivity contribution in [2.45, 2.75) is 25.9 Å². The number of aryl methyl sites for hydroxylation is 1. The summed E-state index contributed by atoms with van der Waals surface area (Å²) in [5, 5.41) is 5.29. The van der Waals surface area contributed by atoms with Gasteiger partial charge in [-0.25, -0.2) is 4.39 Å². The van der Waals surface area contributed by atoms with Crippen molar-refractivity contribution in [1.82, 2.24) is 5.32 Å². The number of carbonyl (C=O) groups is 1. The van der Waals surface area contributed by atoms with E-state index in [0.717, 1.165) is 35.8 Å². The number of carbonyl (C=O) groups excluding carboxylic acids is 1. The molecule has 3 nitrogen and oxygen atoms in total. The van der Waals surface area contributed by atoms with Crippen LogP contribution in [0.5, 0.6) is 5.75 Å². The summed E-state index contributed by atoms with van der Waals surface area (Å²) < 4.78 is 19.6. The van der Waals surface area contributed by atoms with E-state index in [9.17, 15) is 9.18 Å². The highest BCUT2D eigenvalue weighted by atomic mass is 19.1. The van der Waals surface area contributed by atoms with Gasteiger partial charge in [0.05, 0.1) is 0 Å².